The van der Waals surface area contributed by atoms with Gasteiger partial charge in [0.25, 0.3) is 35.4 Å². The molecule has 0 spiro atoms. The number of hydrogen-bond donors (Lipinski definition) is 14. The van der Waals surface area contributed by atoms with E-state index >= 15 is 0 Å². The Morgan fingerprint density at radius 2 is 1.07 bits per heavy atom. The first kappa shape index (κ1) is 89.2. The first-order chi connectivity index (χ1) is 58.2. The molecule has 8 heterocycles. The molecular formula is C80H94N10O32. The third kappa shape index (κ3) is 19.3. The van der Waals surface area contributed by atoms with Crippen LogP contribution < -0.4 is 54.2 Å². The molecule has 1 aromatic heterocycles. The minimum atomic E-state index is -2.11. The second kappa shape index (κ2) is 38.3. The number of anilines is 2. The van der Waals surface area contributed by atoms with Crippen LogP contribution in [-0.2, 0) is 67.3 Å². The van der Waals surface area contributed by atoms with Gasteiger partial charge in [-0.15, -0.1) is 0 Å². The summed E-state index contributed by atoms with van der Waals surface area (Å²) >= 11 is 0. The molecule has 0 saturated carbocycles. The molecule has 0 aliphatic carbocycles. The van der Waals surface area contributed by atoms with E-state index in [4.69, 9.17) is 52.1 Å². The number of imide groups is 1. The molecule has 0 radical (unpaired) electrons. The number of carbonyl (C=O) groups excluding carboxylic acids is 9. The van der Waals surface area contributed by atoms with Crippen LogP contribution in [0.2, 0.25) is 0 Å². The summed E-state index contributed by atoms with van der Waals surface area (Å²) in [6, 6.07) is 9.67. The van der Waals surface area contributed by atoms with Crippen molar-refractivity contribution in [1.82, 2.24) is 40.6 Å². The Kier molecular flexibility index (Phi) is 28.0. The second-order valence-electron chi connectivity index (χ2n) is 30.5. The highest BCUT2D eigenvalue weighted by molar-refractivity contribution is 6.15. The number of aliphatic carboxylic acids is 2. The number of aliphatic hydroxyl groups excluding tert-OH is 8. The number of carbonyl (C=O) groups is 11. The SMILES string of the molecule is C=C1CC2C(O)N(C(=O)OCc3ccc(O[C@@H]4O[C@H](C(=O)O)[C@@H](O)[C@H](O)[C@H]4O)c(C(=O)NCCOC)c3)c3cc(OCCCCCOc4cc5c(cc4OC)C(=O)N4CC(C)(C)C[C@H]4C(O)N5C(=O)OCc4ccc(O[C@@H]5O[C@H](C(=O)O)[C@@H](O)[C@H](O)[C@H]5O)c(C(=O)NCCCNC(=O)[C@H](Cc5c[nH]cn5)N5C(=O)C=CC5=O)c4)c(OC)cc3C(=O)N2C1. The van der Waals surface area contributed by atoms with Gasteiger partial charge in [0.05, 0.1) is 91.8 Å². The highest BCUT2D eigenvalue weighted by Gasteiger charge is 2.54. The summed E-state index contributed by atoms with van der Waals surface area (Å²) in [5.74, 6) is -8.80. The molecule has 0 bridgehead atoms. The van der Waals surface area contributed by atoms with E-state index in [-0.39, 0.29) is 157 Å². The van der Waals surface area contributed by atoms with E-state index in [1.165, 1.54) is 104 Å². The Hall–Kier alpha value is -12.1. The monoisotopic (exact) mass is 1710 g/mol. The van der Waals surface area contributed by atoms with Gasteiger partial charge < -0.3 is 134 Å². The van der Waals surface area contributed by atoms with Crippen LogP contribution in [0.3, 0.4) is 0 Å². The lowest BCUT2D eigenvalue weighted by Crippen LogP contribution is -2.61. The first-order valence-corrected chi connectivity index (χ1v) is 38.8. The predicted molar refractivity (Wildman–Crippen MR) is 414 cm³/mol. The fraction of sp³-hybridized carbons (Fsp3) is 0.475. The van der Waals surface area contributed by atoms with Crippen molar-refractivity contribution in [2.45, 2.75) is 164 Å². The zero-order valence-corrected chi connectivity index (χ0v) is 66.6. The molecule has 122 heavy (non-hydrogen) atoms. The number of hydrogen-bond acceptors (Lipinski definition) is 31. The number of aromatic nitrogens is 2. The van der Waals surface area contributed by atoms with Crippen molar-refractivity contribution >= 4 is 76.9 Å². The molecule has 14 N–H and O–H groups in total. The largest absolute Gasteiger partial charge is 0.493 e. The van der Waals surface area contributed by atoms with E-state index in [1.807, 2.05) is 13.8 Å². The second-order valence-corrected chi connectivity index (χ2v) is 30.5. The van der Waals surface area contributed by atoms with E-state index in [0.717, 1.165) is 26.9 Å². The van der Waals surface area contributed by atoms with Gasteiger partial charge >= 0.3 is 24.1 Å². The number of rotatable bonds is 33. The number of nitrogens with one attached hydrogen (secondary N) is 4. The molecule has 4 saturated heterocycles. The van der Waals surface area contributed by atoms with Gasteiger partial charge in [-0.1, -0.05) is 38.1 Å². The highest BCUT2D eigenvalue weighted by atomic mass is 16.7. The van der Waals surface area contributed by atoms with Crippen molar-refractivity contribution in [3.05, 3.63) is 137 Å². The number of carboxylic acid groups (broad SMARTS) is 2. The Balaban J connectivity index is 0.722. The number of aromatic amines is 1. The summed E-state index contributed by atoms with van der Waals surface area (Å²) in [4.78, 5) is 162. The lowest BCUT2D eigenvalue weighted by Gasteiger charge is -2.38. The Morgan fingerprint density at radius 3 is 1.56 bits per heavy atom. The Labute approximate surface area is 694 Å². The summed E-state index contributed by atoms with van der Waals surface area (Å²) in [7, 11) is 4.06. The fourth-order valence-corrected chi connectivity index (χ4v) is 15.2. The Morgan fingerprint density at radius 1 is 0.582 bits per heavy atom. The van der Waals surface area contributed by atoms with Crippen LogP contribution in [0, 0.1) is 5.41 Å². The van der Waals surface area contributed by atoms with Crippen LogP contribution in [-0.4, -0.2) is 307 Å². The lowest BCUT2D eigenvalue weighted by molar-refractivity contribution is -0.271. The number of carboxylic acids is 2. The van der Waals surface area contributed by atoms with Crippen molar-refractivity contribution in [3.8, 4) is 34.5 Å². The van der Waals surface area contributed by atoms with Crippen molar-refractivity contribution < 1.29 is 156 Å². The molecule has 15 atom stereocenters. The van der Waals surface area contributed by atoms with Gasteiger partial charge in [-0.25, -0.2) is 34.0 Å². The molecule has 12 rings (SSSR count). The van der Waals surface area contributed by atoms with Crippen LogP contribution in [0.15, 0.2) is 97.5 Å². The molecule has 3 unspecified atom stereocenters. The number of fused-ring (bicyclic) bond motifs is 4. The van der Waals surface area contributed by atoms with Gasteiger partial charge in [0, 0.05) is 76.7 Å². The third-order valence-corrected chi connectivity index (χ3v) is 21.4. The first-order valence-electron chi connectivity index (χ1n) is 38.8. The zero-order valence-electron chi connectivity index (χ0n) is 66.6. The predicted octanol–water partition coefficient (Wildman–Crippen LogP) is -0.293. The molecule has 7 aliphatic rings. The lowest BCUT2D eigenvalue weighted by atomic mass is 9.90. The smallest absolute Gasteiger partial charge is 0.416 e. The van der Waals surface area contributed by atoms with Crippen LogP contribution in [0.5, 0.6) is 34.5 Å². The summed E-state index contributed by atoms with van der Waals surface area (Å²) in [5, 5.41) is 115. The number of benzene rings is 4. The number of methoxy groups -OCH3 is 3. The molecule has 4 aromatic carbocycles. The minimum absolute atomic E-state index is 0.000841. The minimum Gasteiger partial charge on any atom is -0.493 e. The van der Waals surface area contributed by atoms with E-state index in [2.05, 4.69) is 32.5 Å². The van der Waals surface area contributed by atoms with Gasteiger partial charge in [0.1, 0.15) is 67.4 Å². The zero-order chi connectivity index (χ0) is 87.9. The topological polar surface area (TPSA) is 573 Å². The number of aliphatic hydroxyl groups is 8. The number of imidazole rings is 1. The summed E-state index contributed by atoms with van der Waals surface area (Å²) in [6.45, 7) is 6.57. The van der Waals surface area contributed by atoms with Gasteiger partial charge in [0.2, 0.25) is 18.5 Å². The number of unbranched alkanes of at least 4 members (excludes halogenated alkanes) is 2. The Bertz CT molecular complexity index is 4810. The van der Waals surface area contributed by atoms with Gasteiger partial charge in [-0.3, -0.25) is 38.5 Å². The summed E-state index contributed by atoms with van der Waals surface area (Å²) in [5.41, 5.74) is -0.366. The van der Waals surface area contributed by atoms with Crippen LogP contribution >= 0.6 is 0 Å². The number of amides is 9. The van der Waals surface area contributed by atoms with E-state index in [0.29, 0.717) is 30.5 Å². The molecule has 4 fully saturated rings. The van der Waals surface area contributed by atoms with Gasteiger partial charge in [-0.2, -0.15) is 0 Å². The van der Waals surface area contributed by atoms with Crippen molar-refractivity contribution in [2.24, 2.45) is 5.41 Å². The normalized spacial score (nSPS) is 24.8. The maximum absolute atomic E-state index is 14.9. The van der Waals surface area contributed by atoms with Crippen LogP contribution in [0.1, 0.15) is 111 Å². The van der Waals surface area contributed by atoms with Crippen molar-refractivity contribution in [3.63, 3.8) is 0 Å². The molecule has 5 aromatic rings. The van der Waals surface area contributed by atoms with Crippen LogP contribution in [0.25, 0.3) is 0 Å². The number of H-pyrrole nitrogens is 1. The molecule has 9 amide bonds. The van der Waals surface area contributed by atoms with E-state index < -0.39 is 176 Å². The maximum atomic E-state index is 14.9. The summed E-state index contributed by atoms with van der Waals surface area (Å²) < 4.78 is 63.1. The molecule has 656 valence electrons. The molecule has 7 aliphatic heterocycles. The van der Waals surface area contributed by atoms with E-state index in [1.54, 1.807) is 0 Å². The average molecular weight is 1710 g/mol. The van der Waals surface area contributed by atoms with E-state index in [9.17, 15) is 104 Å². The fourth-order valence-electron chi connectivity index (χ4n) is 15.2. The maximum Gasteiger partial charge on any atom is 0.416 e. The quantitative estimate of drug-likeness (QED) is 0.0146. The standard InChI is InChI=1S/C80H94N10O32/c1-38-23-49-72(104)89(78(110)117-34-40-12-14-52(45(25-40)68(100)84-19-22-112-4)120-77-64(98)60(94)62(96)66(122-77)75(108)109)46-29-55(53(113-5)27-42(46)70(102)86(49)33-38)115-20-8-7-9-21-116-56-30-47-43(28-54(56)114-6)71(103)87-36-80(2,3)31-50(87)73(105)90(47)79(111)118-35-39-11-13-51(119-76-63(97)59(93)61(95)65(121-76)74(106)107)44(24-39)67(99)82-17-10-18-83-69(101)48(26-41-32-81-37-85-41)88-57(91)15-16-58(88)92/h11-16,24-25,27-30,32,37,48-50,59-66,72-73,76-77,93-98,104-105H,1,7-10,17-23,26,31,33-36H2,2-6H3,(H,81,85)(H,82,99)(H,83,101)(H,84,100)(H,106,107)(H,108,109)/t48-,49?,50-,59-,60-,61-,62-,63+,64+,65-,66-,72?,73?,76+,77+/m0/s1. The summed E-state index contributed by atoms with van der Waals surface area (Å²) in [6.07, 6.45) is -20.0. The van der Waals surface area contributed by atoms with Crippen LogP contribution in [0.4, 0.5) is 21.0 Å². The molecule has 42 nitrogen and oxygen atoms in total. The van der Waals surface area contributed by atoms with Gasteiger partial charge in [0.15, 0.2) is 47.7 Å². The molecular weight excluding hydrogens is 1610 g/mol. The number of ether oxygens (including phenoxy) is 11. The highest BCUT2D eigenvalue weighted by Crippen LogP contribution is 2.47. The van der Waals surface area contributed by atoms with Crippen molar-refractivity contribution in [1.29, 1.82) is 0 Å². The van der Waals surface area contributed by atoms with Gasteiger partial charge in [-0.05, 0) is 91.5 Å². The number of nitrogens with zero attached hydrogens (tertiary/aromatic N) is 6. The van der Waals surface area contributed by atoms with Crippen molar-refractivity contribution in [2.75, 3.05) is 83.7 Å². The average Bonchev–Trinajstić information content (AvgIpc) is 1.60. The molecule has 42 heteroatoms. The third-order valence-electron chi connectivity index (χ3n) is 21.4.